The van der Waals surface area contributed by atoms with Gasteiger partial charge in [0.1, 0.15) is 0 Å². The Morgan fingerprint density at radius 3 is 2.93 bits per heavy atom. The van der Waals surface area contributed by atoms with Crippen molar-refractivity contribution in [3.05, 3.63) is 21.3 Å². The van der Waals surface area contributed by atoms with Gasteiger partial charge in [0.05, 0.1) is 10.4 Å². The Kier molecular flexibility index (Phi) is 4.38. The van der Waals surface area contributed by atoms with Gasteiger partial charge in [-0.15, -0.1) is 11.3 Å². The Labute approximate surface area is 91.7 Å². The molecule has 0 aromatic carbocycles. The van der Waals surface area contributed by atoms with Crippen molar-refractivity contribution >= 4 is 28.8 Å². The number of aliphatic hydroxyl groups excluding tert-OH is 1. The van der Waals surface area contributed by atoms with E-state index in [4.69, 9.17) is 11.6 Å². The van der Waals surface area contributed by atoms with Crippen molar-refractivity contribution in [1.29, 1.82) is 0 Å². The zero-order valence-corrected chi connectivity index (χ0v) is 9.36. The van der Waals surface area contributed by atoms with E-state index in [1.807, 2.05) is 0 Å². The number of thiophene rings is 1. The quantitative estimate of drug-likeness (QED) is 0.835. The van der Waals surface area contributed by atoms with E-state index in [0.717, 1.165) is 4.88 Å². The fraction of sp³-hybridized carbons (Fsp3) is 0.444. The summed E-state index contributed by atoms with van der Waals surface area (Å²) in [6, 6.07) is 3.52. The van der Waals surface area contributed by atoms with Crippen LogP contribution in [-0.2, 0) is 4.79 Å². The fourth-order valence-electron chi connectivity index (χ4n) is 1.04. The zero-order valence-electron chi connectivity index (χ0n) is 7.79. The van der Waals surface area contributed by atoms with Gasteiger partial charge in [0.25, 0.3) is 0 Å². The highest BCUT2D eigenvalue weighted by atomic mass is 35.5. The van der Waals surface area contributed by atoms with Crippen molar-refractivity contribution in [1.82, 2.24) is 5.32 Å². The summed E-state index contributed by atoms with van der Waals surface area (Å²) in [5, 5.41) is 12.2. The van der Waals surface area contributed by atoms with Gasteiger partial charge < -0.3 is 10.4 Å². The number of rotatable bonds is 4. The molecule has 1 rings (SSSR count). The van der Waals surface area contributed by atoms with E-state index in [0.29, 0.717) is 17.2 Å². The molecule has 14 heavy (non-hydrogen) atoms. The molecule has 5 heteroatoms. The number of aliphatic hydroxyl groups is 1. The number of amides is 1. The lowest BCUT2D eigenvalue weighted by Gasteiger charge is -2.06. The van der Waals surface area contributed by atoms with Crippen molar-refractivity contribution < 1.29 is 9.90 Å². The van der Waals surface area contributed by atoms with Crippen molar-refractivity contribution in [3.63, 3.8) is 0 Å². The average molecular weight is 234 g/mol. The van der Waals surface area contributed by atoms with E-state index in [9.17, 15) is 9.90 Å². The normalized spacial score (nSPS) is 12.5. The first-order valence-electron chi connectivity index (χ1n) is 4.27. The smallest absolute Gasteiger partial charge is 0.219 e. The van der Waals surface area contributed by atoms with Crippen molar-refractivity contribution in [2.24, 2.45) is 0 Å². The molecule has 0 fully saturated rings. The lowest BCUT2D eigenvalue weighted by molar-refractivity contribution is -0.121. The molecule has 3 nitrogen and oxygen atoms in total. The predicted molar refractivity (Wildman–Crippen MR) is 57.6 cm³/mol. The summed E-state index contributed by atoms with van der Waals surface area (Å²) in [7, 11) is 1.58. The minimum Gasteiger partial charge on any atom is -0.388 e. The molecule has 1 heterocycles. The summed E-state index contributed by atoms with van der Waals surface area (Å²) in [6.45, 7) is 0. The molecule has 1 aromatic rings. The van der Waals surface area contributed by atoms with E-state index in [1.165, 1.54) is 11.3 Å². The first-order valence-corrected chi connectivity index (χ1v) is 5.47. The summed E-state index contributed by atoms with van der Waals surface area (Å²) in [5.41, 5.74) is 0. The van der Waals surface area contributed by atoms with Crippen LogP contribution in [0.3, 0.4) is 0 Å². The number of halogens is 1. The van der Waals surface area contributed by atoms with E-state index in [1.54, 1.807) is 19.2 Å². The monoisotopic (exact) mass is 233 g/mol. The largest absolute Gasteiger partial charge is 0.388 e. The first-order chi connectivity index (χ1) is 6.63. The SMILES string of the molecule is CNC(=O)CCC(O)c1ccc(Cl)s1. The summed E-state index contributed by atoms with van der Waals surface area (Å²) in [5.74, 6) is -0.0632. The third-order valence-corrected chi connectivity index (χ3v) is 3.18. The van der Waals surface area contributed by atoms with Crippen LogP contribution < -0.4 is 5.32 Å². The van der Waals surface area contributed by atoms with Gasteiger partial charge in [-0.25, -0.2) is 0 Å². The molecule has 1 amide bonds. The summed E-state index contributed by atoms with van der Waals surface area (Å²) in [4.78, 5) is 11.7. The van der Waals surface area contributed by atoms with Crippen LogP contribution in [0.4, 0.5) is 0 Å². The summed E-state index contributed by atoms with van der Waals surface area (Å²) in [6.07, 6.45) is 0.161. The van der Waals surface area contributed by atoms with Gasteiger partial charge in [-0.05, 0) is 18.6 Å². The van der Waals surface area contributed by atoms with Gasteiger partial charge in [0, 0.05) is 18.3 Å². The van der Waals surface area contributed by atoms with Crippen LogP contribution in [0, 0.1) is 0 Å². The summed E-state index contributed by atoms with van der Waals surface area (Å²) >= 11 is 7.06. The van der Waals surface area contributed by atoms with Crippen molar-refractivity contribution in [2.75, 3.05) is 7.05 Å². The van der Waals surface area contributed by atoms with Crippen LogP contribution in [-0.4, -0.2) is 18.1 Å². The highest BCUT2D eigenvalue weighted by Crippen LogP contribution is 2.28. The standard InChI is InChI=1S/C9H12ClNO2S/c1-11-9(13)5-2-6(12)7-3-4-8(10)14-7/h3-4,6,12H,2,5H2,1H3,(H,11,13). The molecular weight excluding hydrogens is 222 g/mol. The fourth-order valence-corrected chi connectivity index (χ4v) is 2.12. The van der Waals surface area contributed by atoms with Gasteiger partial charge in [-0.3, -0.25) is 4.79 Å². The van der Waals surface area contributed by atoms with E-state index >= 15 is 0 Å². The van der Waals surface area contributed by atoms with Crippen molar-refractivity contribution in [2.45, 2.75) is 18.9 Å². The molecule has 0 aliphatic rings. The highest BCUT2D eigenvalue weighted by molar-refractivity contribution is 7.16. The maximum Gasteiger partial charge on any atom is 0.219 e. The topological polar surface area (TPSA) is 49.3 Å². The number of nitrogens with one attached hydrogen (secondary N) is 1. The van der Waals surface area contributed by atoms with Crippen LogP contribution in [0.25, 0.3) is 0 Å². The van der Waals surface area contributed by atoms with Crippen LogP contribution in [0.1, 0.15) is 23.8 Å². The number of hydrogen-bond donors (Lipinski definition) is 2. The Morgan fingerprint density at radius 1 is 1.71 bits per heavy atom. The minimum absolute atomic E-state index is 0.0632. The molecule has 0 aliphatic heterocycles. The summed E-state index contributed by atoms with van der Waals surface area (Å²) < 4.78 is 0.652. The van der Waals surface area contributed by atoms with E-state index < -0.39 is 6.10 Å². The third-order valence-electron chi connectivity index (χ3n) is 1.85. The first kappa shape index (κ1) is 11.5. The maximum atomic E-state index is 10.9. The molecule has 1 aromatic heterocycles. The molecule has 0 radical (unpaired) electrons. The van der Waals surface area contributed by atoms with Gasteiger partial charge in [-0.2, -0.15) is 0 Å². The molecule has 0 spiro atoms. The second-order valence-corrected chi connectivity index (χ2v) is 4.62. The number of hydrogen-bond acceptors (Lipinski definition) is 3. The Morgan fingerprint density at radius 2 is 2.43 bits per heavy atom. The van der Waals surface area contributed by atoms with Crippen LogP contribution in [0.2, 0.25) is 4.34 Å². The van der Waals surface area contributed by atoms with Crippen LogP contribution in [0.15, 0.2) is 12.1 Å². The van der Waals surface area contributed by atoms with Crippen LogP contribution in [0.5, 0.6) is 0 Å². The van der Waals surface area contributed by atoms with Gasteiger partial charge >= 0.3 is 0 Å². The third kappa shape index (κ3) is 3.29. The second kappa shape index (κ2) is 5.34. The Hall–Kier alpha value is -0.580. The van der Waals surface area contributed by atoms with Crippen molar-refractivity contribution in [3.8, 4) is 0 Å². The van der Waals surface area contributed by atoms with Gasteiger partial charge in [0.15, 0.2) is 0 Å². The predicted octanol–water partition coefficient (Wildman–Crippen LogP) is 1.96. The highest BCUT2D eigenvalue weighted by Gasteiger charge is 2.11. The average Bonchev–Trinajstić information content (AvgIpc) is 2.60. The Bertz CT molecular complexity index is 314. The van der Waals surface area contributed by atoms with E-state index in [2.05, 4.69) is 5.32 Å². The lowest BCUT2D eigenvalue weighted by atomic mass is 10.1. The molecule has 1 unspecified atom stereocenters. The molecule has 1 atom stereocenters. The molecular formula is C9H12ClNO2S. The van der Waals surface area contributed by atoms with Gasteiger partial charge in [-0.1, -0.05) is 11.6 Å². The Balaban J connectivity index is 2.42. The van der Waals surface area contributed by atoms with Gasteiger partial charge in [0.2, 0.25) is 5.91 Å². The second-order valence-electron chi connectivity index (χ2n) is 2.87. The lowest BCUT2D eigenvalue weighted by Crippen LogP contribution is -2.18. The zero-order chi connectivity index (χ0) is 10.6. The molecule has 2 N–H and O–H groups in total. The maximum absolute atomic E-state index is 10.9. The van der Waals surface area contributed by atoms with E-state index in [-0.39, 0.29) is 5.91 Å². The molecule has 0 aliphatic carbocycles. The number of carbonyl (C=O) groups is 1. The molecule has 0 saturated carbocycles. The molecule has 0 bridgehead atoms. The minimum atomic E-state index is -0.593. The van der Waals surface area contributed by atoms with Crippen LogP contribution >= 0.6 is 22.9 Å². The molecule has 0 saturated heterocycles. The molecule has 78 valence electrons. The number of carbonyl (C=O) groups excluding carboxylic acids is 1.